The highest BCUT2D eigenvalue weighted by Gasteiger charge is 2.61. The van der Waals surface area contributed by atoms with Gasteiger partial charge in [-0.05, 0) is 85.5 Å². The van der Waals surface area contributed by atoms with Crippen LogP contribution < -0.4 is 5.73 Å². The first-order chi connectivity index (χ1) is 11.7. The SMILES string of the molecule is CC(=O)[C@H]1CC[C@H]2[C@@H]3C(C)CC4=C(N)C(=O)CC[C@]4(C)[C@H]3CC[C@]12C. The monoisotopic (exact) mass is 343 g/mol. The van der Waals surface area contributed by atoms with Crippen LogP contribution >= 0.6 is 0 Å². The molecule has 0 aromatic carbocycles. The van der Waals surface area contributed by atoms with Crippen molar-refractivity contribution in [2.24, 2.45) is 46.2 Å². The molecule has 3 nitrogen and oxygen atoms in total. The predicted molar refractivity (Wildman–Crippen MR) is 98.6 cm³/mol. The van der Waals surface area contributed by atoms with Crippen LogP contribution in [0.5, 0.6) is 0 Å². The summed E-state index contributed by atoms with van der Waals surface area (Å²) in [6, 6.07) is 0. The molecule has 4 aliphatic carbocycles. The molecule has 25 heavy (non-hydrogen) atoms. The summed E-state index contributed by atoms with van der Waals surface area (Å²) in [5, 5.41) is 0. The maximum absolute atomic E-state index is 12.3. The Morgan fingerprint density at radius 2 is 1.84 bits per heavy atom. The van der Waals surface area contributed by atoms with E-state index >= 15 is 0 Å². The summed E-state index contributed by atoms with van der Waals surface area (Å²) in [5.41, 5.74) is 8.42. The number of ketones is 2. The van der Waals surface area contributed by atoms with Gasteiger partial charge in [0, 0.05) is 12.3 Å². The van der Waals surface area contributed by atoms with Gasteiger partial charge in [0.1, 0.15) is 5.78 Å². The minimum atomic E-state index is 0.102. The molecule has 3 saturated carbocycles. The summed E-state index contributed by atoms with van der Waals surface area (Å²) in [5.74, 6) is 3.34. The molecular weight excluding hydrogens is 310 g/mol. The second-order valence-electron chi connectivity index (χ2n) is 9.99. The fraction of sp³-hybridized carbons (Fsp3) is 0.818. The smallest absolute Gasteiger partial charge is 0.178 e. The second kappa shape index (κ2) is 5.44. The Bertz CT molecular complexity index is 665. The van der Waals surface area contributed by atoms with Crippen molar-refractivity contribution in [2.45, 2.75) is 72.6 Å². The normalized spacial score (nSPS) is 49.4. The Morgan fingerprint density at radius 3 is 2.52 bits per heavy atom. The average molecular weight is 344 g/mol. The number of nitrogens with two attached hydrogens (primary N) is 1. The first-order valence-electron chi connectivity index (χ1n) is 10.2. The highest BCUT2D eigenvalue weighted by Crippen LogP contribution is 2.68. The van der Waals surface area contributed by atoms with Crippen LogP contribution in [0.3, 0.4) is 0 Å². The Kier molecular flexibility index (Phi) is 3.76. The number of allylic oxidation sites excluding steroid dienone is 1. The van der Waals surface area contributed by atoms with Gasteiger partial charge in [0.15, 0.2) is 5.78 Å². The molecule has 4 aliphatic rings. The molecule has 3 fully saturated rings. The van der Waals surface area contributed by atoms with E-state index in [1.807, 2.05) is 0 Å². The largest absolute Gasteiger partial charge is 0.396 e. The molecule has 0 aliphatic heterocycles. The zero-order valence-corrected chi connectivity index (χ0v) is 16.2. The molecule has 0 aromatic rings. The zero-order valence-electron chi connectivity index (χ0n) is 16.2. The predicted octanol–water partition coefficient (Wildman–Crippen LogP) is 4.26. The molecule has 0 spiro atoms. The van der Waals surface area contributed by atoms with E-state index in [9.17, 15) is 9.59 Å². The van der Waals surface area contributed by atoms with Crippen molar-refractivity contribution in [1.82, 2.24) is 0 Å². The summed E-state index contributed by atoms with van der Waals surface area (Å²) in [6.45, 7) is 8.94. The van der Waals surface area contributed by atoms with E-state index < -0.39 is 0 Å². The molecule has 2 N–H and O–H groups in total. The van der Waals surface area contributed by atoms with Gasteiger partial charge in [-0.3, -0.25) is 9.59 Å². The summed E-state index contributed by atoms with van der Waals surface area (Å²) in [6.07, 6.45) is 7.19. The van der Waals surface area contributed by atoms with Crippen molar-refractivity contribution < 1.29 is 9.59 Å². The number of carbonyl (C=O) groups is 2. The van der Waals surface area contributed by atoms with Gasteiger partial charge in [-0.1, -0.05) is 20.8 Å². The van der Waals surface area contributed by atoms with Gasteiger partial charge in [0.2, 0.25) is 0 Å². The van der Waals surface area contributed by atoms with Crippen molar-refractivity contribution >= 4 is 11.6 Å². The lowest BCUT2D eigenvalue weighted by atomic mass is 9.44. The molecule has 7 atom stereocenters. The van der Waals surface area contributed by atoms with Crippen molar-refractivity contribution in [3.8, 4) is 0 Å². The van der Waals surface area contributed by atoms with Gasteiger partial charge >= 0.3 is 0 Å². The van der Waals surface area contributed by atoms with Crippen LogP contribution in [0.2, 0.25) is 0 Å². The minimum Gasteiger partial charge on any atom is -0.396 e. The maximum Gasteiger partial charge on any atom is 0.178 e. The summed E-state index contributed by atoms with van der Waals surface area (Å²) >= 11 is 0. The maximum atomic E-state index is 12.3. The lowest BCUT2D eigenvalue weighted by Crippen LogP contribution is -2.54. The third-order valence-electron chi connectivity index (χ3n) is 9.01. The number of carbonyl (C=O) groups excluding carboxylic acids is 2. The fourth-order valence-electron chi connectivity index (χ4n) is 7.74. The van der Waals surface area contributed by atoms with E-state index in [1.165, 1.54) is 18.4 Å². The van der Waals surface area contributed by atoms with Crippen LogP contribution in [0.25, 0.3) is 0 Å². The first-order valence-corrected chi connectivity index (χ1v) is 10.2. The second-order valence-corrected chi connectivity index (χ2v) is 9.99. The van der Waals surface area contributed by atoms with Crippen molar-refractivity contribution in [2.75, 3.05) is 0 Å². The van der Waals surface area contributed by atoms with Crippen molar-refractivity contribution in [3.63, 3.8) is 0 Å². The number of fused-ring (bicyclic) bond motifs is 5. The molecule has 1 unspecified atom stereocenters. The van der Waals surface area contributed by atoms with Gasteiger partial charge < -0.3 is 5.73 Å². The minimum absolute atomic E-state index is 0.102. The Hall–Kier alpha value is -1.12. The number of hydrogen-bond donors (Lipinski definition) is 1. The van der Waals surface area contributed by atoms with Crippen LogP contribution in [0, 0.1) is 40.4 Å². The zero-order chi connectivity index (χ0) is 18.1. The van der Waals surface area contributed by atoms with E-state index in [0.29, 0.717) is 41.6 Å². The lowest BCUT2D eigenvalue weighted by Gasteiger charge is -2.60. The number of rotatable bonds is 1. The third kappa shape index (κ3) is 2.16. The standard InChI is InChI=1S/C22H33NO2/c1-12-11-17-20(23)18(25)8-10-22(17,4)16-7-9-21(3)14(13(2)24)5-6-15(21)19(12)16/h12,14-16,19H,5-11,23H2,1-4H3/t12?,14-,15+,16+,19+,21-,22-/m1/s1. The molecule has 0 aromatic heterocycles. The lowest BCUT2D eigenvalue weighted by molar-refractivity contribution is -0.130. The molecule has 0 radical (unpaired) electrons. The fourth-order valence-corrected chi connectivity index (χ4v) is 7.74. The first kappa shape index (κ1) is 17.3. The molecule has 0 amide bonds. The van der Waals surface area contributed by atoms with E-state index in [1.54, 1.807) is 6.92 Å². The van der Waals surface area contributed by atoms with Crippen molar-refractivity contribution in [3.05, 3.63) is 11.3 Å². The van der Waals surface area contributed by atoms with Crippen LogP contribution in [-0.2, 0) is 9.59 Å². The highest BCUT2D eigenvalue weighted by molar-refractivity contribution is 5.96. The summed E-state index contributed by atoms with van der Waals surface area (Å²) < 4.78 is 0. The summed E-state index contributed by atoms with van der Waals surface area (Å²) in [4.78, 5) is 24.4. The van der Waals surface area contributed by atoms with Crippen LogP contribution in [-0.4, -0.2) is 11.6 Å². The van der Waals surface area contributed by atoms with E-state index in [-0.39, 0.29) is 22.5 Å². The number of Topliss-reactive ketones (excluding diaryl/α,β-unsaturated/α-hetero) is 2. The summed E-state index contributed by atoms with van der Waals surface area (Å²) in [7, 11) is 0. The van der Waals surface area contributed by atoms with Crippen LogP contribution in [0.15, 0.2) is 11.3 Å². The molecule has 3 heteroatoms. The Morgan fingerprint density at radius 1 is 1.12 bits per heavy atom. The average Bonchev–Trinajstić information content (AvgIpc) is 2.91. The third-order valence-corrected chi connectivity index (χ3v) is 9.01. The molecule has 138 valence electrons. The Balaban J connectivity index is 1.74. The van der Waals surface area contributed by atoms with E-state index in [2.05, 4.69) is 20.8 Å². The van der Waals surface area contributed by atoms with Crippen LogP contribution in [0.4, 0.5) is 0 Å². The molecular formula is C22H33NO2. The Labute approximate surface area is 151 Å². The van der Waals surface area contributed by atoms with Gasteiger partial charge in [0.05, 0.1) is 5.70 Å². The molecule has 4 rings (SSSR count). The van der Waals surface area contributed by atoms with Gasteiger partial charge in [-0.15, -0.1) is 0 Å². The van der Waals surface area contributed by atoms with Gasteiger partial charge in [0.25, 0.3) is 0 Å². The number of hydrogen-bond acceptors (Lipinski definition) is 3. The molecule has 0 heterocycles. The molecule has 0 bridgehead atoms. The topological polar surface area (TPSA) is 60.2 Å². The van der Waals surface area contributed by atoms with E-state index in [4.69, 9.17) is 5.73 Å². The highest BCUT2D eigenvalue weighted by atomic mass is 16.1. The van der Waals surface area contributed by atoms with Gasteiger partial charge in [-0.25, -0.2) is 0 Å². The van der Waals surface area contributed by atoms with E-state index in [0.717, 1.165) is 25.7 Å². The quantitative estimate of drug-likeness (QED) is 0.774. The molecule has 0 saturated heterocycles. The van der Waals surface area contributed by atoms with Gasteiger partial charge in [-0.2, -0.15) is 0 Å². The van der Waals surface area contributed by atoms with Crippen molar-refractivity contribution in [1.29, 1.82) is 0 Å². The van der Waals surface area contributed by atoms with Crippen LogP contribution in [0.1, 0.15) is 72.6 Å².